The maximum Gasteiger partial charge on any atom is 0.137 e. The lowest BCUT2D eigenvalue weighted by Crippen LogP contribution is -2.56. The van der Waals surface area contributed by atoms with Crippen LogP contribution in [0.1, 0.15) is 29.0 Å². The molecule has 4 rings (SSSR count). The van der Waals surface area contributed by atoms with Crippen molar-refractivity contribution in [2.45, 2.75) is 37.8 Å². The van der Waals surface area contributed by atoms with Crippen LogP contribution in [-0.4, -0.2) is 54.6 Å². The van der Waals surface area contributed by atoms with E-state index in [0.29, 0.717) is 30.6 Å². The lowest BCUT2D eigenvalue weighted by molar-refractivity contribution is -0.270. The van der Waals surface area contributed by atoms with E-state index >= 15 is 0 Å². The quantitative estimate of drug-likeness (QED) is 0.381. The number of nitrogens with zero attached hydrogens (tertiary/aromatic N) is 1. The van der Waals surface area contributed by atoms with Gasteiger partial charge in [0.05, 0.1) is 38.6 Å². The van der Waals surface area contributed by atoms with Crippen molar-refractivity contribution in [2.75, 3.05) is 26.3 Å². The molecule has 1 aliphatic rings. The van der Waals surface area contributed by atoms with E-state index in [0.717, 1.165) is 28.0 Å². The monoisotopic (exact) mass is 524 g/mol. The Morgan fingerprint density at radius 3 is 2.32 bits per heavy atom. The Morgan fingerprint density at radius 2 is 1.62 bits per heavy atom. The van der Waals surface area contributed by atoms with E-state index in [1.54, 1.807) is 12.1 Å². The fraction of sp³-hybridized carbons (Fsp3) is 0.345. The van der Waals surface area contributed by atoms with E-state index < -0.39 is 24.2 Å². The van der Waals surface area contributed by atoms with Crippen molar-refractivity contribution in [3.8, 4) is 5.75 Å². The van der Waals surface area contributed by atoms with E-state index in [1.807, 2.05) is 66.7 Å². The molecule has 1 fully saturated rings. The van der Waals surface area contributed by atoms with Gasteiger partial charge in [-0.15, -0.1) is 0 Å². The fourth-order valence-corrected chi connectivity index (χ4v) is 4.55. The molecule has 1 saturated heterocycles. The number of halogens is 1. The van der Waals surface area contributed by atoms with Gasteiger partial charge in [0.25, 0.3) is 0 Å². The number of likely N-dealkylation sites (tertiary alicyclic amines) is 1. The average molecular weight is 525 g/mol. The molecule has 1 heterocycles. The summed E-state index contributed by atoms with van der Waals surface area (Å²) in [5, 5.41) is 23.0. The highest BCUT2D eigenvalue weighted by molar-refractivity contribution is 6.30. The van der Waals surface area contributed by atoms with Gasteiger partial charge in [-0.25, -0.2) is 0 Å². The van der Waals surface area contributed by atoms with Gasteiger partial charge in [-0.2, -0.15) is 0 Å². The van der Waals surface area contributed by atoms with Crippen LogP contribution in [0.25, 0.3) is 0 Å². The number of carbonyl (C=O) groups is 1. The molecule has 0 aromatic heterocycles. The molecule has 3 aromatic carbocycles. The second-order valence-electron chi connectivity index (χ2n) is 9.05. The second-order valence-corrected chi connectivity index (χ2v) is 9.49. The molecule has 196 valence electrons. The zero-order chi connectivity index (χ0) is 26.0. The second kappa shape index (κ2) is 13.4. The number of hydrogen-bond acceptors (Lipinski definition) is 6. The van der Waals surface area contributed by atoms with E-state index in [9.17, 15) is 15.0 Å². The average Bonchev–Trinajstić information content (AvgIpc) is 2.91. The minimum absolute atomic E-state index is 0.0327. The smallest absolute Gasteiger partial charge is 0.137 e. The number of β-amino-alcohol motifs (C(OH)–C–C–N with tert-alkyl or cyclic N) is 1. The first kappa shape index (κ1) is 26.9. The highest BCUT2D eigenvalue weighted by Crippen LogP contribution is 2.32. The Labute approximate surface area is 222 Å². The van der Waals surface area contributed by atoms with E-state index in [4.69, 9.17) is 25.8 Å². The molecular formula is C29H31ClNO6-. The highest BCUT2D eigenvalue weighted by Gasteiger charge is 2.38. The standard InChI is InChI=1S/C29H32ClNO6/c30-24-11-7-22(8-12-24)20-37-27-18-31(29(33)34)17-26(32)28(27)23-9-13-25(14-10-23)36-16-4-15-35-19-21-5-2-1-3-6-21/h1-3,5-14,26-28,32H,4,15-20H2,(H,33,34)/p-1. The third-order valence-electron chi connectivity index (χ3n) is 6.34. The van der Waals surface area contributed by atoms with Crippen molar-refractivity contribution in [3.05, 3.63) is 101 Å². The summed E-state index contributed by atoms with van der Waals surface area (Å²) in [6.07, 6.45) is -2.05. The molecule has 1 aliphatic heterocycles. The maximum atomic E-state index is 11.5. The van der Waals surface area contributed by atoms with Gasteiger partial charge in [0.15, 0.2) is 0 Å². The van der Waals surface area contributed by atoms with Crippen molar-refractivity contribution >= 4 is 17.7 Å². The summed E-state index contributed by atoms with van der Waals surface area (Å²) < 4.78 is 17.6. The van der Waals surface area contributed by atoms with Gasteiger partial charge in [0.1, 0.15) is 11.8 Å². The molecule has 8 heteroatoms. The van der Waals surface area contributed by atoms with Crippen molar-refractivity contribution in [3.63, 3.8) is 0 Å². The number of aliphatic hydroxyl groups excluding tert-OH is 1. The summed E-state index contributed by atoms with van der Waals surface area (Å²) in [4.78, 5) is 12.6. The molecule has 7 nitrogen and oxygen atoms in total. The van der Waals surface area contributed by atoms with E-state index in [1.165, 1.54) is 0 Å². The predicted molar refractivity (Wildman–Crippen MR) is 138 cm³/mol. The minimum Gasteiger partial charge on any atom is -0.530 e. The van der Waals surface area contributed by atoms with Crippen LogP contribution < -0.4 is 9.84 Å². The molecular weight excluding hydrogens is 494 g/mol. The largest absolute Gasteiger partial charge is 0.530 e. The SMILES string of the molecule is O=C([O-])N1CC(O)C(c2ccc(OCCCOCc3ccccc3)cc2)C(OCc2ccc(Cl)cc2)C1. The first-order valence-corrected chi connectivity index (χ1v) is 12.7. The van der Waals surface area contributed by atoms with Crippen LogP contribution >= 0.6 is 11.6 Å². The zero-order valence-corrected chi connectivity index (χ0v) is 21.3. The molecule has 0 saturated carbocycles. The van der Waals surface area contributed by atoms with Crippen molar-refractivity contribution < 1.29 is 29.2 Å². The molecule has 1 amide bonds. The predicted octanol–water partition coefficient (Wildman–Crippen LogP) is 4.01. The summed E-state index contributed by atoms with van der Waals surface area (Å²) in [6, 6.07) is 24.8. The molecule has 37 heavy (non-hydrogen) atoms. The van der Waals surface area contributed by atoms with Crippen LogP contribution in [0.3, 0.4) is 0 Å². The topological polar surface area (TPSA) is 91.3 Å². The van der Waals surface area contributed by atoms with Crippen LogP contribution in [0, 0.1) is 0 Å². The summed E-state index contributed by atoms with van der Waals surface area (Å²) >= 11 is 5.96. The lowest BCUT2D eigenvalue weighted by atomic mass is 9.84. The molecule has 3 atom stereocenters. The van der Waals surface area contributed by atoms with Crippen LogP contribution in [-0.2, 0) is 22.7 Å². The van der Waals surface area contributed by atoms with Crippen LogP contribution in [0.5, 0.6) is 5.75 Å². The number of carboxylic acid groups (broad SMARTS) is 1. The van der Waals surface area contributed by atoms with Gasteiger partial charge in [0, 0.05) is 30.5 Å². The first-order valence-electron chi connectivity index (χ1n) is 12.3. The van der Waals surface area contributed by atoms with Crippen molar-refractivity contribution in [1.29, 1.82) is 0 Å². The van der Waals surface area contributed by atoms with Crippen LogP contribution in [0.2, 0.25) is 5.02 Å². The Kier molecular flexibility index (Phi) is 9.79. The van der Waals surface area contributed by atoms with Gasteiger partial charge in [-0.05, 0) is 41.0 Å². The third kappa shape index (κ3) is 7.94. The van der Waals surface area contributed by atoms with Crippen molar-refractivity contribution in [2.24, 2.45) is 0 Å². The number of benzene rings is 3. The van der Waals surface area contributed by atoms with Gasteiger partial charge in [-0.3, -0.25) is 0 Å². The number of hydrogen-bond donors (Lipinski definition) is 1. The van der Waals surface area contributed by atoms with Gasteiger partial charge in [0.2, 0.25) is 0 Å². The number of carbonyl (C=O) groups excluding carboxylic acids is 1. The number of aliphatic hydroxyl groups is 1. The Balaban J connectivity index is 1.31. The van der Waals surface area contributed by atoms with Crippen molar-refractivity contribution in [1.82, 2.24) is 4.90 Å². The van der Waals surface area contributed by atoms with Crippen LogP contribution in [0.4, 0.5) is 4.79 Å². The Morgan fingerprint density at radius 1 is 0.919 bits per heavy atom. The molecule has 3 unspecified atom stereocenters. The number of ether oxygens (including phenoxy) is 3. The summed E-state index contributed by atoms with van der Waals surface area (Å²) in [7, 11) is 0. The normalized spacial score (nSPS) is 19.5. The summed E-state index contributed by atoms with van der Waals surface area (Å²) in [5.41, 5.74) is 2.90. The fourth-order valence-electron chi connectivity index (χ4n) is 4.42. The molecule has 3 aromatic rings. The number of rotatable bonds is 11. The summed E-state index contributed by atoms with van der Waals surface area (Å²) in [6.45, 7) is 2.04. The number of amides is 1. The molecule has 0 bridgehead atoms. The van der Waals surface area contributed by atoms with Gasteiger partial charge < -0.3 is 34.1 Å². The minimum atomic E-state index is -1.32. The molecule has 0 radical (unpaired) electrons. The molecule has 0 spiro atoms. The first-order chi connectivity index (χ1) is 18.0. The van der Waals surface area contributed by atoms with E-state index in [-0.39, 0.29) is 19.7 Å². The highest BCUT2D eigenvalue weighted by atomic mass is 35.5. The third-order valence-corrected chi connectivity index (χ3v) is 6.59. The van der Waals surface area contributed by atoms with Crippen LogP contribution in [0.15, 0.2) is 78.9 Å². The number of piperidine rings is 1. The zero-order valence-electron chi connectivity index (χ0n) is 20.5. The molecule has 0 aliphatic carbocycles. The lowest BCUT2D eigenvalue weighted by Gasteiger charge is -2.43. The molecule has 1 N–H and O–H groups in total. The van der Waals surface area contributed by atoms with Gasteiger partial charge >= 0.3 is 0 Å². The Bertz CT molecular complexity index is 1110. The van der Waals surface area contributed by atoms with Gasteiger partial charge in [-0.1, -0.05) is 66.2 Å². The van der Waals surface area contributed by atoms with E-state index in [2.05, 4.69) is 0 Å². The Hall–Kier alpha value is -3.10. The summed E-state index contributed by atoms with van der Waals surface area (Å²) in [5.74, 6) is 0.315. The maximum absolute atomic E-state index is 11.5.